The summed E-state index contributed by atoms with van der Waals surface area (Å²) in [7, 11) is 1.67. The maximum atomic E-state index is 9.23. The molecule has 24 heavy (non-hydrogen) atoms. The van der Waals surface area contributed by atoms with Gasteiger partial charge in [0.15, 0.2) is 0 Å². The SMILES string of the molecule is COC[C@](C)(CCO)NCc1cccc(OCc2ccccn2)c1. The Labute approximate surface area is 143 Å². The van der Waals surface area contributed by atoms with Gasteiger partial charge in [-0.25, -0.2) is 0 Å². The zero-order valence-electron chi connectivity index (χ0n) is 14.4. The number of aromatic nitrogens is 1. The quantitative estimate of drug-likeness (QED) is 0.701. The second-order valence-electron chi connectivity index (χ2n) is 6.08. The molecule has 0 aliphatic heterocycles. The number of aliphatic hydroxyl groups is 1. The highest BCUT2D eigenvalue weighted by atomic mass is 16.5. The molecule has 0 radical (unpaired) electrons. The molecule has 0 aliphatic carbocycles. The van der Waals surface area contributed by atoms with Crippen molar-refractivity contribution in [1.29, 1.82) is 0 Å². The van der Waals surface area contributed by atoms with Crippen LogP contribution in [0.2, 0.25) is 0 Å². The van der Waals surface area contributed by atoms with Gasteiger partial charge in [0.05, 0.1) is 12.3 Å². The van der Waals surface area contributed by atoms with Gasteiger partial charge in [-0.3, -0.25) is 4.98 Å². The zero-order valence-corrected chi connectivity index (χ0v) is 14.4. The Balaban J connectivity index is 1.92. The molecule has 0 amide bonds. The van der Waals surface area contributed by atoms with Gasteiger partial charge in [-0.05, 0) is 43.2 Å². The number of pyridine rings is 1. The van der Waals surface area contributed by atoms with E-state index in [0.29, 0.717) is 26.2 Å². The van der Waals surface area contributed by atoms with Crippen LogP contribution < -0.4 is 10.1 Å². The van der Waals surface area contributed by atoms with Gasteiger partial charge >= 0.3 is 0 Å². The number of benzene rings is 1. The first kappa shape index (κ1) is 18.4. The first-order valence-corrected chi connectivity index (χ1v) is 8.12. The van der Waals surface area contributed by atoms with E-state index in [4.69, 9.17) is 9.47 Å². The predicted octanol–water partition coefficient (Wildman–Crippen LogP) is 2.54. The van der Waals surface area contributed by atoms with E-state index in [2.05, 4.69) is 10.3 Å². The Hall–Kier alpha value is -1.95. The second kappa shape index (κ2) is 9.37. The Morgan fingerprint density at radius 3 is 2.79 bits per heavy atom. The maximum Gasteiger partial charge on any atom is 0.130 e. The normalized spacial score (nSPS) is 13.5. The summed E-state index contributed by atoms with van der Waals surface area (Å²) in [6.07, 6.45) is 2.40. The Bertz CT molecular complexity index is 599. The summed E-state index contributed by atoms with van der Waals surface area (Å²) >= 11 is 0. The Morgan fingerprint density at radius 2 is 2.08 bits per heavy atom. The molecule has 0 bridgehead atoms. The molecule has 1 heterocycles. The average molecular weight is 330 g/mol. The predicted molar refractivity (Wildman–Crippen MR) is 93.8 cm³/mol. The Kier molecular flexibility index (Phi) is 7.18. The molecule has 0 saturated carbocycles. The van der Waals surface area contributed by atoms with E-state index >= 15 is 0 Å². The van der Waals surface area contributed by atoms with Crippen LogP contribution in [0.5, 0.6) is 5.75 Å². The van der Waals surface area contributed by atoms with E-state index in [9.17, 15) is 5.11 Å². The maximum absolute atomic E-state index is 9.23. The number of nitrogens with zero attached hydrogens (tertiary/aromatic N) is 1. The van der Waals surface area contributed by atoms with E-state index in [1.54, 1.807) is 13.3 Å². The molecule has 1 aromatic heterocycles. The van der Waals surface area contributed by atoms with Gasteiger partial charge in [-0.1, -0.05) is 18.2 Å². The molecular formula is C19H26N2O3. The fraction of sp³-hybridized carbons (Fsp3) is 0.421. The molecule has 1 atom stereocenters. The number of aliphatic hydroxyl groups excluding tert-OH is 1. The van der Waals surface area contributed by atoms with Crippen LogP contribution in [0.1, 0.15) is 24.6 Å². The fourth-order valence-electron chi connectivity index (χ4n) is 2.48. The minimum atomic E-state index is -0.256. The topological polar surface area (TPSA) is 63.6 Å². The summed E-state index contributed by atoms with van der Waals surface area (Å²) < 4.78 is 11.1. The van der Waals surface area contributed by atoms with Gasteiger partial charge in [-0.2, -0.15) is 0 Å². The summed E-state index contributed by atoms with van der Waals surface area (Å²) in [6.45, 7) is 3.85. The summed E-state index contributed by atoms with van der Waals surface area (Å²) in [6, 6.07) is 13.8. The number of methoxy groups -OCH3 is 1. The highest BCUT2D eigenvalue weighted by molar-refractivity contribution is 5.28. The fourth-order valence-corrected chi connectivity index (χ4v) is 2.48. The van der Waals surface area contributed by atoms with Gasteiger partial charge in [0.1, 0.15) is 12.4 Å². The molecule has 0 unspecified atom stereocenters. The minimum absolute atomic E-state index is 0.125. The van der Waals surface area contributed by atoms with Crippen LogP contribution in [0.4, 0.5) is 0 Å². The summed E-state index contributed by atoms with van der Waals surface area (Å²) in [4.78, 5) is 4.25. The third-order valence-electron chi connectivity index (χ3n) is 3.86. The minimum Gasteiger partial charge on any atom is -0.487 e. The zero-order chi connectivity index (χ0) is 17.3. The van der Waals surface area contributed by atoms with Gasteiger partial charge in [0.25, 0.3) is 0 Å². The van der Waals surface area contributed by atoms with E-state index in [1.807, 2.05) is 49.4 Å². The molecule has 0 saturated heterocycles. The molecule has 130 valence electrons. The molecule has 0 fully saturated rings. The lowest BCUT2D eigenvalue weighted by Crippen LogP contribution is -2.46. The first-order valence-electron chi connectivity index (χ1n) is 8.12. The van der Waals surface area contributed by atoms with Crippen LogP contribution in [0, 0.1) is 0 Å². The number of nitrogens with one attached hydrogen (secondary N) is 1. The number of hydrogen-bond acceptors (Lipinski definition) is 5. The molecule has 0 spiro atoms. The molecule has 1 aromatic carbocycles. The molecule has 0 aliphatic rings. The van der Waals surface area contributed by atoms with Gasteiger partial charge in [0, 0.05) is 32.0 Å². The van der Waals surface area contributed by atoms with Crippen molar-refractivity contribution in [1.82, 2.24) is 10.3 Å². The van der Waals surface area contributed by atoms with Crippen molar-refractivity contribution in [2.75, 3.05) is 20.3 Å². The molecular weight excluding hydrogens is 304 g/mol. The third kappa shape index (κ3) is 5.92. The molecule has 2 rings (SSSR count). The lowest BCUT2D eigenvalue weighted by Gasteiger charge is -2.29. The summed E-state index contributed by atoms with van der Waals surface area (Å²) in [5.74, 6) is 0.815. The monoisotopic (exact) mass is 330 g/mol. The van der Waals surface area contributed by atoms with Gasteiger partial charge in [-0.15, -0.1) is 0 Å². The van der Waals surface area contributed by atoms with Crippen molar-refractivity contribution < 1.29 is 14.6 Å². The van der Waals surface area contributed by atoms with Crippen LogP contribution in [-0.4, -0.2) is 36.0 Å². The van der Waals surface area contributed by atoms with Crippen molar-refractivity contribution >= 4 is 0 Å². The summed E-state index contributed by atoms with van der Waals surface area (Å²) in [5, 5.41) is 12.7. The van der Waals surface area contributed by atoms with Crippen LogP contribution in [-0.2, 0) is 17.9 Å². The molecule has 2 N–H and O–H groups in total. The Morgan fingerprint density at radius 1 is 1.21 bits per heavy atom. The highest BCUT2D eigenvalue weighted by Gasteiger charge is 2.22. The van der Waals surface area contributed by atoms with Gasteiger partial charge in [0.2, 0.25) is 0 Å². The molecule has 2 aromatic rings. The summed E-state index contributed by atoms with van der Waals surface area (Å²) in [5.41, 5.74) is 1.76. The lowest BCUT2D eigenvalue weighted by molar-refractivity contribution is 0.0969. The van der Waals surface area contributed by atoms with Crippen LogP contribution in [0.3, 0.4) is 0 Å². The van der Waals surface area contributed by atoms with Crippen LogP contribution in [0.25, 0.3) is 0 Å². The van der Waals surface area contributed by atoms with E-state index in [-0.39, 0.29) is 12.1 Å². The van der Waals surface area contributed by atoms with Gasteiger partial charge < -0.3 is 19.9 Å². The average Bonchev–Trinajstić information content (AvgIpc) is 2.60. The van der Waals surface area contributed by atoms with Crippen molar-refractivity contribution in [3.8, 4) is 5.75 Å². The van der Waals surface area contributed by atoms with E-state index < -0.39 is 0 Å². The number of ether oxygens (including phenoxy) is 2. The van der Waals surface area contributed by atoms with E-state index in [0.717, 1.165) is 17.0 Å². The first-order chi connectivity index (χ1) is 11.6. The second-order valence-corrected chi connectivity index (χ2v) is 6.08. The van der Waals surface area contributed by atoms with Crippen molar-refractivity contribution in [2.24, 2.45) is 0 Å². The van der Waals surface area contributed by atoms with Crippen LogP contribution in [0.15, 0.2) is 48.7 Å². The van der Waals surface area contributed by atoms with Crippen LogP contribution >= 0.6 is 0 Å². The molecule has 5 heteroatoms. The largest absolute Gasteiger partial charge is 0.487 e. The standard InChI is InChI=1S/C19H26N2O3/c1-19(9-11-22,15-23-2)21-13-16-6-5-8-18(12-16)24-14-17-7-3-4-10-20-17/h3-8,10,12,21-22H,9,11,13-15H2,1-2H3/t19-/m0/s1. The smallest absolute Gasteiger partial charge is 0.130 e. The third-order valence-corrected chi connectivity index (χ3v) is 3.86. The lowest BCUT2D eigenvalue weighted by atomic mass is 9.99. The van der Waals surface area contributed by atoms with Crippen molar-refractivity contribution in [3.05, 3.63) is 59.9 Å². The number of hydrogen-bond donors (Lipinski definition) is 2. The van der Waals surface area contributed by atoms with Crippen molar-refractivity contribution in [3.63, 3.8) is 0 Å². The van der Waals surface area contributed by atoms with E-state index in [1.165, 1.54) is 0 Å². The van der Waals surface area contributed by atoms with Crippen molar-refractivity contribution in [2.45, 2.75) is 32.0 Å². The highest BCUT2D eigenvalue weighted by Crippen LogP contribution is 2.17. The number of rotatable bonds is 10. The molecule has 5 nitrogen and oxygen atoms in total.